The van der Waals surface area contributed by atoms with Crippen molar-refractivity contribution < 1.29 is 14.2 Å². The SMILES string of the molecule is CCOC([Se])(OCC)OCC. The second-order valence-corrected chi connectivity index (χ2v) is 2.85. The van der Waals surface area contributed by atoms with Crippen molar-refractivity contribution in [2.75, 3.05) is 19.8 Å². The molecule has 0 bridgehead atoms. The van der Waals surface area contributed by atoms with Crippen LogP contribution in [0.3, 0.4) is 0 Å². The first-order chi connectivity index (χ1) is 5.18. The van der Waals surface area contributed by atoms with Crippen molar-refractivity contribution >= 4 is 16.0 Å². The molecule has 0 aliphatic heterocycles. The Kier molecular flexibility index (Phi) is 6.19. The van der Waals surface area contributed by atoms with Crippen molar-refractivity contribution in [1.82, 2.24) is 0 Å². The van der Waals surface area contributed by atoms with Gasteiger partial charge in [-0.15, -0.1) is 0 Å². The third-order valence-electron chi connectivity index (χ3n) is 0.963. The summed E-state index contributed by atoms with van der Waals surface area (Å²) in [7, 11) is 0. The molecule has 0 amide bonds. The summed E-state index contributed by atoms with van der Waals surface area (Å²) in [5.41, 5.74) is 0. The van der Waals surface area contributed by atoms with Crippen LogP contribution in [0.4, 0.5) is 0 Å². The van der Waals surface area contributed by atoms with Crippen molar-refractivity contribution in [3.05, 3.63) is 0 Å². The Bertz CT molecular complexity index is 80.7. The van der Waals surface area contributed by atoms with Gasteiger partial charge in [-0.1, -0.05) is 0 Å². The van der Waals surface area contributed by atoms with Crippen LogP contribution in [0.15, 0.2) is 0 Å². The Balaban J connectivity index is 3.79. The summed E-state index contributed by atoms with van der Waals surface area (Å²) in [6.45, 7) is 7.37. The Hall–Kier alpha value is 0.399. The van der Waals surface area contributed by atoms with Gasteiger partial charge in [0.05, 0.1) is 0 Å². The number of hydrogen-bond acceptors (Lipinski definition) is 3. The molecule has 1 radical (unpaired) electrons. The molecular weight excluding hydrogens is 211 g/mol. The fourth-order valence-electron chi connectivity index (χ4n) is 0.655. The van der Waals surface area contributed by atoms with Gasteiger partial charge in [-0.25, -0.2) is 0 Å². The Morgan fingerprint density at radius 3 is 1.36 bits per heavy atom. The molecule has 0 aromatic carbocycles. The summed E-state index contributed by atoms with van der Waals surface area (Å²) >= 11 is 2.73. The average molecular weight is 226 g/mol. The molecule has 0 rings (SSSR count). The van der Waals surface area contributed by atoms with Gasteiger partial charge < -0.3 is 0 Å². The van der Waals surface area contributed by atoms with E-state index in [2.05, 4.69) is 16.0 Å². The second-order valence-electron chi connectivity index (χ2n) is 1.80. The molecule has 0 atom stereocenters. The van der Waals surface area contributed by atoms with Crippen molar-refractivity contribution in [2.45, 2.75) is 25.6 Å². The third-order valence-corrected chi connectivity index (χ3v) is 1.71. The van der Waals surface area contributed by atoms with E-state index in [1.807, 2.05) is 20.8 Å². The summed E-state index contributed by atoms with van der Waals surface area (Å²) in [6, 6.07) is 0. The summed E-state index contributed by atoms with van der Waals surface area (Å²) < 4.78 is 15.6. The van der Waals surface area contributed by atoms with Gasteiger partial charge in [-0.2, -0.15) is 0 Å². The van der Waals surface area contributed by atoms with Crippen LogP contribution >= 0.6 is 0 Å². The molecule has 0 spiro atoms. The molecule has 0 aliphatic rings. The summed E-state index contributed by atoms with van der Waals surface area (Å²) in [5, 5.41) is 0. The van der Waals surface area contributed by atoms with E-state index < -0.39 is 4.87 Å². The van der Waals surface area contributed by atoms with Crippen LogP contribution in [-0.2, 0) is 14.2 Å². The van der Waals surface area contributed by atoms with Gasteiger partial charge in [0, 0.05) is 0 Å². The topological polar surface area (TPSA) is 27.7 Å². The van der Waals surface area contributed by atoms with Crippen LogP contribution < -0.4 is 0 Å². The summed E-state index contributed by atoms with van der Waals surface area (Å²) in [5.74, 6) is 0. The van der Waals surface area contributed by atoms with Crippen molar-refractivity contribution in [3.8, 4) is 0 Å². The van der Waals surface area contributed by atoms with E-state index in [-0.39, 0.29) is 0 Å². The van der Waals surface area contributed by atoms with E-state index in [4.69, 9.17) is 14.2 Å². The van der Waals surface area contributed by atoms with E-state index in [1.165, 1.54) is 0 Å². The van der Waals surface area contributed by atoms with E-state index in [0.29, 0.717) is 19.8 Å². The Morgan fingerprint density at radius 2 is 1.18 bits per heavy atom. The molecule has 0 heterocycles. The predicted molar refractivity (Wildman–Crippen MR) is 43.4 cm³/mol. The molecule has 11 heavy (non-hydrogen) atoms. The van der Waals surface area contributed by atoms with Crippen LogP contribution in [0.25, 0.3) is 0 Å². The van der Waals surface area contributed by atoms with Crippen molar-refractivity contribution in [1.29, 1.82) is 0 Å². The van der Waals surface area contributed by atoms with Gasteiger partial charge in [0.25, 0.3) is 0 Å². The summed E-state index contributed by atoms with van der Waals surface area (Å²) in [4.78, 5) is -0.974. The van der Waals surface area contributed by atoms with E-state index >= 15 is 0 Å². The Morgan fingerprint density at radius 1 is 0.909 bits per heavy atom. The van der Waals surface area contributed by atoms with Crippen LogP contribution in [0.2, 0.25) is 0 Å². The van der Waals surface area contributed by atoms with Crippen LogP contribution in [0, 0.1) is 0 Å². The van der Waals surface area contributed by atoms with Crippen molar-refractivity contribution in [2.24, 2.45) is 0 Å². The van der Waals surface area contributed by atoms with Gasteiger partial charge in [-0.05, 0) is 0 Å². The van der Waals surface area contributed by atoms with Crippen LogP contribution in [0.5, 0.6) is 0 Å². The Labute approximate surface area is 76.2 Å². The number of ether oxygens (including phenoxy) is 3. The van der Waals surface area contributed by atoms with Gasteiger partial charge >= 0.3 is 75.7 Å². The van der Waals surface area contributed by atoms with E-state index in [1.54, 1.807) is 0 Å². The van der Waals surface area contributed by atoms with Gasteiger partial charge in [0.15, 0.2) is 0 Å². The summed E-state index contributed by atoms with van der Waals surface area (Å²) in [6.07, 6.45) is 0. The maximum absolute atomic E-state index is 5.21. The molecular formula is C7H15O3Se. The zero-order valence-electron chi connectivity index (χ0n) is 7.25. The molecule has 0 saturated heterocycles. The van der Waals surface area contributed by atoms with E-state index in [9.17, 15) is 0 Å². The quantitative estimate of drug-likeness (QED) is 0.497. The molecule has 0 unspecified atom stereocenters. The number of rotatable bonds is 6. The second kappa shape index (κ2) is 5.98. The van der Waals surface area contributed by atoms with Gasteiger partial charge in [0.1, 0.15) is 0 Å². The molecule has 4 heteroatoms. The standard InChI is InChI=1S/C7H15O3Se/c1-4-8-7(11,9-5-2)10-6-3/h4-6H2,1-3H3. The van der Waals surface area contributed by atoms with Crippen LogP contribution in [-0.4, -0.2) is 40.7 Å². The maximum atomic E-state index is 5.21. The number of hydrogen-bond donors (Lipinski definition) is 0. The normalized spacial score (nSPS) is 12.0. The fourth-order valence-corrected chi connectivity index (χ4v) is 1.40. The zero-order valence-corrected chi connectivity index (χ0v) is 8.97. The van der Waals surface area contributed by atoms with Gasteiger partial charge in [-0.3, -0.25) is 0 Å². The first kappa shape index (κ1) is 11.4. The first-order valence-electron chi connectivity index (χ1n) is 3.80. The molecule has 3 nitrogen and oxygen atoms in total. The van der Waals surface area contributed by atoms with Gasteiger partial charge in [0.2, 0.25) is 0 Å². The molecule has 0 aromatic rings. The molecule has 0 N–H and O–H groups in total. The van der Waals surface area contributed by atoms with E-state index in [0.717, 1.165) is 0 Å². The molecule has 0 fully saturated rings. The molecule has 0 aromatic heterocycles. The van der Waals surface area contributed by atoms with Crippen LogP contribution in [0.1, 0.15) is 20.8 Å². The molecule has 0 aliphatic carbocycles. The molecule has 0 saturated carbocycles. The average Bonchev–Trinajstić information content (AvgIpc) is 1.88. The predicted octanol–water partition coefficient (Wildman–Crippen LogP) is 0.876. The molecule has 67 valence electrons. The first-order valence-corrected chi connectivity index (χ1v) is 4.66. The fraction of sp³-hybridized carbons (Fsp3) is 1.00. The zero-order chi connectivity index (χ0) is 8.74. The third kappa shape index (κ3) is 4.77. The minimum atomic E-state index is -0.974. The monoisotopic (exact) mass is 227 g/mol. The van der Waals surface area contributed by atoms with Crippen molar-refractivity contribution in [3.63, 3.8) is 0 Å². The minimum absolute atomic E-state index is 0.562.